The van der Waals surface area contributed by atoms with Gasteiger partial charge < -0.3 is 4.57 Å². The molecule has 0 saturated heterocycles. The highest BCUT2D eigenvalue weighted by Crippen LogP contribution is 2.53. The van der Waals surface area contributed by atoms with Crippen LogP contribution in [0.15, 0.2) is 54.6 Å². The van der Waals surface area contributed by atoms with Crippen molar-refractivity contribution in [2.75, 3.05) is 0 Å². The highest BCUT2D eigenvalue weighted by molar-refractivity contribution is 8.01. The molecule has 154 valence electrons. The largest absolute Gasteiger partial charge is 0.302 e. The van der Waals surface area contributed by atoms with Crippen molar-refractivity contribution < 1.29 is 14.2 Å². The van der Waals surface area contributed by atoms with Crippen LogP contribution >= 0.6 is 30.3 Å². The highest BCUT2D eigenvalue weighted by Gasteiger charge is 2.45. The fraction of sp³-hybridized carbons (Fsp3) is 0.167. The van der Waals surface area contributed by atoms with Gasteiger partial charge in [0.15, 0.2) is 0 Å². The van der Waals surface area contributed by atoms with Crippen molar-refractivity contribution >= 4 is 46.7 Å². The number of carbonyl (C=O) groups excluding carboxylic acids is 2. The quantitative estimate of drug-likeness (QED) is 0.390. The van der Waals surface area contributed by atoms with Gasteiger partial charge in [-0.15, -0.1) is 0 Å². The monoisotopic (exact) mass is 458 g/mol. The molecule has 0 amide bonds. The van der Waals surface area contributed by atoms with Gasteiger partial charge in [-0.05, 0) is 62.1 Å². The average molecular weight is 459 g/mol. The smallest absolute Gasteiger partial charge is 0.248 e. The molecule has 3 aromatic carbocycles. The van der Waals surface area contributed by atoms with E-state index >= 15 is 0 Å². The number of hydrogen-bond donors (Lipinski definition) is 0. The van der Waals surface area contributed by atoms with Gasteiger partial charge >= 0.3 is 0 Å². The standard InChI is InChI=1S/C24H21Cl2O3P/c1-14-13-15(2)21(17(4)16(14)3)23(27)30(29,18-9-6-5-7-10-18)24(28)22-19(25)11-8-12-20(22)26/h5-13H,1-4H3. The average Bonchev–Trinajstić information content (AvgIpc) is 2.71. The van der Waals surface area contributed by atoms with Crippen LogP contribution in [0.3, 0.4) is 0 Å². The maximum Gasteiger partial charge on any atom is 0.248 e. The number of aryl methyl sites for hydroxylation is 2. The number of benzene rings is 3. The Balaban J connectivity index is 2.34. The van der Waals surface area contributed by atoms with E-state index in [0.29, 0.717) is 16.7 Å². The first-order valence-electron chi connectivity index (χ1n) is 9.37. The summed E-state index contributed by atoms with van der Waals surface area (Å²) in [5.41, 5.74) is 1.99. The number of hydrogen-bond acceptors (Lipinski definition) is 3. The van der Waals surface area contributed by atoms with E-state index in [1.54, 1.807) is 31.2 Å². The third kappa shape index (κ3) is 3.67. The van der Waals surface area contributed by atoms with Crippen LogP contribution in [0.2, 0.25) is 10.0 Å². The third-order valence-corrected chi connectivity index (χ3v) is 8.69. The first-order valence-corrected chi connectivity index (χ1v) is 11.8. The maximum absolute atomic E-state index is 14.4. The van der Waals surface area contributed by atoms with Gasteiger partial charge in [-0.2, -0.15) is 0 Å². The zero-order valence-electron chi connectivity index (χ0n) is 17.1. The van der Waals surface area contributed by atoms with Gasteiger partial charge in [0, 0.05) is 10.9 Å². The highest BCUT2D eigenvalue weighted by atomic mass is 35.5. The molecule has 0 aromatic heterocycles. The SMILES string of the molecule is Cc1cc(C)c(C(=O)P(=O)(C(=O)c2c(Cl)cccc2Cl)c2ccccc2)c(C)c1C. The van der Waals surface area contributed by atoms with Crippen molar-refractivity contribution in [2.24, 2.45) is 0 Å². The number of halogens is 2. The van der Waals surface area contributed by atoms with E-state index in [2.05, 4.69) is 0 Å². The summed E-state index contributed by atoms with van der Waals surface area (Å²) in [6, 6.07) is 14.6. The Hall–Kier alpha value is -2.19. The van der Waals surface area contributed by atoms with E-state index in [-0.39, 0.29) is 20.9 Å². The molecule has 1 unspecified atom stereocenters. The Morgan fingerprint density at radius 2 is 1.23 bits per heavy atom. The number of rotatable bonds is 5. The molecule has 3 nitrogen and oxygen atoms in total. The summed E-state index contributed by atoms with van der Waals surface area (Å²) in [4.78, 5) is 27.5. The van der Waals surface area contributed by atoms with E-state index in [1.807, 2.05) is 26.8 Å². The van der Waals surface area contributed by atoms with Crippen LogP contribution in [-0.2, 0) is 4.57 Å². The van der Waals surface area contributed by atoms with E-state index in [0.717, 1.165) is 11.1 Å². The second-order valence-corrected chi connectivity index (χ2v) is 10.6. The molecule has 6 heteroatoms. The topological polar surface area (TPSA) is 51.2 Å². The normalized spacial score (nSPS) is 13.0. The summed E-state index contributed by atoms with van der Waals surface area (Å²) in [5.74, 6) is 0. The molecule has 0 aliphatic carbocycles. The van der Waals surface area contributed by atoms with Gasteiger partial charge in [-0.25, -0.2) is 0 Å². The van der Waals surface area contributed by atoms with Crippen LogP contribution in [0.1, 0.15) is 43.0 Å². The van der Waals surface area contributed by atoms with Crippen LogP contribution in [0.4, 0.5) is 0 Å². The van der Waals surface area contributed by atoms with E-state index in [1.165, 1.54) is 24.3 Å². The molecule has 1 atom stereocenters. The third-order valence-electron chi connectivity index (χ3n) is 5.44. The molecule has 0 fully saturated rings. The minimum Gasteiger partial charge on any atom is -0.302 e. The molecular weight excluding hydrogens is 438 g/mol. The van der Waals surface area contributed by atoms with Crippen molar-refractivity contribution in [3.05, 3.63) is 98.0 Å². The van der Waals surface area contributed by atoms with Crippen molar-refractivity contribution in [1.82, 2.24) is 0 Å². The summed E-state index contributed by atoms with van der Waals surface area (Å²) in [6.07, 6.45) is 0. The maximum atomic E-state index is 14.4. The lowest BCUT2D eigenvalue weighted by atomic mass is 9.95. The Kier molecular flexibility index (Phi) is 6.38. The van der Waals surface area contributed by atoms with E-state index in [4.69, 9.17) is 23.2 Å². The van der Waals surface area contributed by atoms with Crippen molar-refractivity contribution in [3.8, 4) is 0 Å². The molecule has 0 aliphatic heterocycles. The van der Waals surface area contributed by atoms with Crippen LogP contribution in [0.5, 0.6) is 0 Å². The van der Waals surface area contributed by atoms with Gasteiger partial charge in [0.2, 0.25) is 18.2 Å². The Bertz CT molecular complexity index is 1200. The molecule has 0 saturated carbocycles. The fourth-order valence-corrected chi connectivity index (χ4v) is 6.76. The second kappa shape index (κ2) is 8.51. The summed E-state index contributed by atoms with van der Waals surface area (Å²) >= 11 is 12.5. The first-order chi connectivity index (χ1) is 14.1. The van der Waals surface area contributed by atoms with E-state index in [9.17, 15) is 14.2 Å². The molecule has 0 radical (unpaired) electrons. The molecule has 0 heterocycles. The minimum atomic E-state index is -4.29. The van der Waals surface area contributed by atoms with Crippen LogP contribution in [0, 0.1) is 27.7 Å². The van der Waals surface area contributed by atoms with Gasteiger partial charge in [0.1, 0.15) is 0 Å². The van der Waals surface area contributed by atoms with Gasteiger partial charge in [0.05, 0.1) is 15.6 Å². The Morgan fingerprint density at radius 1 is 0.700 bits per heavy atom. The van der Waals surface area contributed by atoms with Crippen LogP contribution in [0.25, 0.3) is 0 Å². The lowest BCUT2D eigenvalue weighted by Gasteiger charge is -2.21. The summed E-state index contributed by atoms with van der Waals surface area (Å²) in [5, 5.41) is 0.281. The van der Waals surface area contributed by atoms with Crippen molar-refractivity contribution in [2.45, 2.75) is 27.7 Å². The molecular formula is C24H21Cl2O3P. The van der Waals surface area contributed by atoms with Crippen molar-refractivity contribution in [3.63, 3.8) is 0 Å². The van der Waals surface area contributed by atoms with Gasteiger partial charge in [0.25, 0.3) is 0 Å². The zero-order chi connectivity index (χ0) is 22.2. The van der Waals surface area contributed by atoms with Crippen molar-refractivity contribution in [1.29, 1.82) is 0 Å². The Morgan fingerprint density at radius 3 is 1.80 bits per heavy atom. The van der Waals surface area contributed by atoms with Crippen LogP contribution in [-0.4, -0.2) is 11.0 Å². The van der Waals surface area contributed by atoms with Crippen LogP contribution < -0.4 is 5.30 Å². The lowest BCUT2D eigenvalue weighted by Crippen LogP contribution is -2.22. The zero-order valence-corrected chi connectivity index (χ0v) is 19.5. The summed E-state index contributed by atoms with van der Waals surface area (Å²) in [6.45, 7) is 7.45. The van der Waals surface area contributed by atoms with Gasteiger partial charge in [-0.1, -0.05) is 65.7 Å². The molecule has 0 aliphatic rings. The Labute approximate surface area is 186 Å². The fourth-order valence-electron chi connectivity index (χ4n) is 3.59. The molecule has 3 aromatic rings. The first kappa shape index (κ1) is 22.5. The number of carbonyl (C=O) groups is 2. The lowest BCUT2D eigenvalue weighted by molar-refractivity contribution is 0.104. The predicted octanol–water partition coefficient (Wildman–Crippen LogP) is 6.90. The minimum absolute atomic E-state index is 0.0602. The summed E-state index contributed by atoms with van der Waals surface area (Å²) in [7, 11) is -4.29. The predicted molar refractivity (Wildman–Crippen MR) is 124 cm³/mol. The van der Waals surface area contributed by atoms with E-state index < -0.39 is 18.2 Å². The molecule has 3 rings (SSSR count). The van der Waals surface area contributed by atoms with Gasteiger partial charge in [-0.3, -0.25) is 9.59 Å². The molecule has 0 spiro atoms. The second-order valence-electron chi connectivity index (χ2n) is 7.29. The molecule has 0 N–H and O–H groups in total. The molecule has 30 heavy (non-hydrogen) atoms. The summed E-state index contributed by atoms with van der Waals surface area (Å²) < 4.78 is 14.4. The molecule has 0 bridgehead atoms.